The first kappa shape index (κ1) is 28.6. The number of piperazine rings is 1. The van der Waals surface area contributed by atoms with E-state index in [1.807, 2.05) is 12.3 Å². The highest BCUT2D eigenvalue weighted by molar-refractivity contribution is 5.82. The highest BCUT2D eigenvalue weighted by atomic mass is 16.5. The summed E-state index contributed by atoms with van der Waals surface area (Å²) in [5.41, 5.74) is 7.60. The number of nitrogens with one attached hydrogen (secondary N) is 1. The second kappa shape index (κ2) is 12.5. The van der Waals surface area contributed by atoms with Crippen molar-refractivity contribution in [3.63, 3.8) is 0 Å². The Labute approximate surface area is 257 Å². The van der Waals surface area contributed by atoms with Crippen LogP contribution in [0.5, 0.6) is 0 Å². The smallest absolute Gasteiger partial charge is 0.260 e. The fraction of sp³-hybridized carbons (Fsp3) is 0.441. The Morgan fingerprint density at radius 3 is 2.50 bits per heavy atom. The summed E-state index contributed by atoms with van der Waals surface area (Å²) >= 11 is 0. The standard InChI is InChI=1S/C34H40N8O2/c1-23-4-3-5-28(23)29-20-25-21-37-34(38-26-6-8-27(9-7-26)41-16-14-40(2)15-17-41)39-32(25)42(33(29)43)22-30-31(36-13-12-35-30)24-10-18-44-19-11-24/h6-9,12-13,20-21,24H,3-5,10-11,14-19,22H2,1-2H3,(H,37,38,39). The lowest BCUT2D eigenvalue weighted by atomic mass is 9.94. The molecule has 1 N–H and O–H groups in total. The van der Waals surface area contributed by atoms with E-state index in [0.29, 0.717) is 31.4 Å². The van der Waals surface area contributed by atoms with Crippen LogP contribution in [0.4, 0.5) is 17.3 Å². The molecule has 2 aliphatic heterocycles. The summed E-state index contributed by atoms with van der Waals surface area (Å²) in [7, 11) is 2.17. The normalized spacial score (nSPS) is 18.4. The first-order chi connectivity index (χ1) is 21.5. The predicted octanol–water partition coefficient (Wildman–Crippen LogP) is 4.98. The van der Waals surface area contributed by atoms with Crippen molar-refractivity contribution in [3.05, 3.63) is 81.8 Å². The first-order valence-corrected chi connectivity index (χ1v) is 15.8. The monoisotopic (exact) mass is 592 g/mol. The number of allylic oxidation sites excluding steroid dienone is 2. The number of pyridine rings is 1. The van der Waals surface area contributed by atoms with Crippen LogP contribution in [0, 0.1) is 0 Å². The number of hydrogen-bond acceptors (Lipinski definition) is 9. The maximum atomic E-state index is 14.3. The summed E-state index contributed by atoms with van der Waals surface area (Å²) in [5, 5.41) is 4.20. The van der Waals surface area contributed by atoms with Gasteiger partial charge in [0.2, 0.25) is 5.95 Å². The lowest BCUT2D eigenvalue weighted by Gasteiger charge is -2.34. The van der Waals surface area contributed by atoms with E-state index in [4.69, 9.17) is 19.7 Å². The largest absolute Gasteiger partial charge is 0.381 e. The van der Waals surface area contributed by atoms with E-state index in [1.54, 1.807) is 17.0 Å². The van der Waals surface area contributed by atoms with Gasteiger partial charge in [0.1, 0.15) is 5.65 Å². The van der Waals surface area contributed by atoms with Crippen LogP contribution in [0.2, 0.25) is 0 Å². The molecule has 1 aliphatic carbocycles. The van der Waals surface area contributed by atoms with Gasteiger partial charge in [-0.05, 0) is 82.0 Å². The molecule has 228 valence electrons. The number of aromatic nitrogens is 5. The zero-order valence-corrected chi connectivity index (χ0v) is 25.6. The fourth-order valence-corrected chi connectivity index (χ4v) is 6.75. The minimum absolute atomic E-state index is 0.0430. The van der Waals surface area contributed by atoms with Crippen molar-refractivity contribution in [2.24, 2.45) is 0 Å². The minimum atomic E-state index is -0.0430. The minimum Gasteiger partial charge on any atom is -0.381 e. The van der Waals surface area contributed by atoms with E-state index in [-0.39, 0.29) is 11.5 Å². The molecule has 3 aromatic heterocycles. The van der Waals surface area contributed by atoms with Crippen molar-refractivity contribution in [2.45, 2.75) is 51.5 Å². The van der Waals surface area contributed by atoms with Crippen LogP contribution >= 0.6 is 0 Å². The summed E-state index contributed by atoms with van der Waals surface area (Å²) in [5.74, 6) is 0.712. The van der Waals surface area contributed by atoms with E-state index in [1.165, 1.54) is 11.3 Å². The van der Waals surface area contributed by atoms with Gasteiger partial charge in [-0.1, -0.05) is 5.57 Å². The van der Waals surface area contributed by atoms with Crippen LogP contribution in [0.1, 0.15) is 61.9 Å². The molecule has 2 saturated heterocycles. The molecule has 0 spiro atoms. The Balaban J connectivity index is 1.24. The number of nitrogens with zero attached hydrogens (tertiary/aromatic N) is 7. The molecule has 44 heavy (non-hydrogen) atoms. The van der Waals surface area contributed by atoms with Crippen LogP contribution < -0.4 is 15.8 Å². The topological polar surface area (TPSA) is 101 Å². The van der Waals surface area contributed by atoms with E-state index in [0.717, 1.165) is 91.9 Å². The van der Waals surface area contributed by atoms with Gasteiger partial charge in [0.15, 0.2) is 0 Å². The van der Waals surface area contributed by atoms with Gasteiger partial charge in [0.05, 0.1) is 17.9 Å². The Kier molecular flexibility index (Phi) is 8.10. The number of anilines is 3. The molecule has 0 atom stereocenters. The lowest BCUT2D eigenvalue weighted by Crippen LogP contribution is -2.44. The average Bonchev–Trinajstić information content (AvgIpc) is 3.49. The summed E-state index contributed by atoms with van der Waals surface area (Å²) in [4.78, 5) is 38.1. The Morgan fingerprint density at radius 1 is 0.977 bits per heavy atom. The maximum absolute atomic E-state index is 14.3. The Hall–Kier alpha value is -4.15. The van der Waals surface area contributed by atoms with Gasteiger partial charge >= 0.3 is 0 Å². The van der Waals surface area contributed by atoms with Gasteiger partial charge in [0.25, 0.3) is 5.56 Å². The third kappa shape index (κ3) is 5.84. The molecule has 0 bridgehead atoms. The van der Waals surface area contributed by atoms with Crippen molar-refractivity contribution in [1.29, 1.82) is 0 Å². The van der Waals surface area contributed by atoms with Crippen molar-refractivity contribution < 1.29 is 4.74 Å². The molecule has 2 fully saturated rings. The van der Waals surface area contributed by atoms with Crippen molar-refractivity contribution in [1.82, 2.24) is 29.4 Å². The maximum Gasteiger partial charge on any atom is 0.260 e. The van der Waals surface area contributed by atoms with Crippen LogP contribution in [-0.2, 0) is 11.3 Å². The molecule has 7 rings (SSSR count). The molecular weight excluding hydrogens is 552 g/mol. The third-order valence-corrected chi connectivity index (χ3v) is 9.36. The predicted molar refractivity (Wildman–Crippen MR) is 174 cm³/mol. The van der Waals surface area contributed by atoms with Gasteiger partial charge in [-0.25, -0.2) is 4.98 Å². The number of benzene rings is 1. The highest BCUT2D eigenvalue weighted by Gasteiger charge is 2.24. The fourth-order valence-electron chi connectivity index (χ4n) is 6.75. The lowest BCUT2D eigenvalue weighted by molar-refractivity contribution is 0.0842. The number of hydrogen-bond donors (Lipinski definition) is 1. The molecule has 1 aromatic carbocycles. The quantitative estimate of drug-likeness (QED) is 0.319. The molecule has 3 aliphatic rings. The zero-order chi connectivity index (χ0) is 30.0. The van der Waals surface area contributed by atoms with E-state index in [2.05, 4.69) is 58.3 Å². The second-order valence-corrected chi connectivity index (χ2v) is 12.3. The molecule has 10 nitrogen and oxygen atoms in total. The Bertz CT molecular complexity index is 1730. The van der Waals surface area contributed by atoms with Crippen LogP contribution in [0.3, 0.4) is 0 Å². The molecule has 5 heterocycles. The van der Waals surface area contributed by atoms with Crippen molar-refractivity contribution in [2.75, 3.05) is 56.7 Å². The van der Waals surface area contributed by atoms with Crippen molar-refractivity contribution >= 4 is 33.9 Å². The number of likely N-dealkylation sites (N-methyl/N-ethyl adjacent to an activating group) is 1. The van der Waals surface area contributed by atoms with Gasteiger partial charge in [-0.15, -0.1) is 0 Å². The van der Waals surface area contributed by atoms with E-state index < -0.39 is 0 Å². The number of fused-ring (bicyclic) bond motifs is 1. The molecular formula is C34H40N8O2. The SMILES string of the molecule is CC1=C(c2cc3cnc(Nc4ccc(N5CCN(C)CC5)cc4)nc3n(Cc3nccnc3C3CCOCC3)c2=O)CCC1. The highest BCUT2D eigenvalue weighted by Crippen LogP contribution is 2.33. The number of rotatable bonds is 7. The van der Waals surface area contributed by atoms with Gasteiger partial charge < -0.3 is 19.9 Å². The average molecular weight is 593 g/mol. The van der Waals surface area contributed by atoms with E-state index >= 15 is 0 Å². The van der Waals surface area contributed by atoms with Crippen LogP contribution in [0.25, 0.3) is 16.6 Å². The molecule has 10 heteroatoms. The molecule has 0 unspecified atom stereocenters. The van der Waals surface area contributed by atoms with Gasteiger partial charge in [0, 0.05) is 86.2 Å². The van der Waals surface area contributed by atoms with Gasteiger partial charge in [-0.2, -0.15) is 4.98 Å². The van der Waals surface area contributed by atoms with Crippen LogP contribution in [0.15, 0.2) is 59.3 Å². The zero-order valence-electron chi connectivity index (χ0n) is 25.6. The van der Waals surface area contributed by atoms with E-state index in [9.17, 15) is 4.79 Å². The molecule has 4 aromatic rings. The Morgan fingerprint density at radius 2 is 1.75 bits per heavy atom. The first-order valence-electron chi connectivity index (χ1n) is 15.8. The molecule has 0 radical (unpaired) electrons. The van der Waals surface area contributed by atoms with Crippen LogP contribution in [-0.4, -0.2) is 75.8 Å². The summed E-state index contributed by atoms with van der Waals surface area (Å²) < 4.78 is 7.38. The third-order valence-electron chi connectivity index (χ3n) is 9.36. The second-order valence-electron chi connectivity index (χ2n) is 12.3. The summed E-state index contributed by atoms with van der Waals surface area (Å²) in [6, 6.07) is 10.4. The van der Waals surface area contributed by atoms with Crippen molar-refractivity contribution in [3.8, 4) is 0 Å². The number of ether oxygens (including phenoxy) is 1. The summed E-state index contributed by atoms with van der Waals surface area (Å²) in [6.45, 7) is 8.04. The molecule has 0 amide bonds. The molecule has 0 saturated carbocycles. The van der Waals surface area contributed by atoms with Gasteiger partial charge in [-0.3, -0.25) is 19.3 Å². The summed E-state index contributed by atoms with van der Waals surface area (Å²) in [6.07, 6.45) is 10.1.